The van der Waals surface area contributed by atoms with Crippen molar-refractivity contribution < 1.29 is 5.11 Å². The quantitative estimate of drug-likeness (QED) is 0.764. The van der Waals surface area contributed by atoms with E-state index in [0.717, 1.165) is 12.3 Å². The Labute approximate surface area is 82.4 Å². The summed E-state index contributed by atoms with van der Waals surface area (Å²) in [5, 5.41) is 16.5. The third-order valence-corrected chi connectivity index (χ3v) is 2.70. The molecule has 1 aromatic heterocycles. The van der Waals surface area contributed by atoms with E-state index < -0.39 is 0 Å². The predicted molar refractivity (Wildman–Crippen MR) is 53.5 cm³/mol. The largest absolute Gasteiger partial charge is 0.388 e. The van der Waals surface area contributed by atoms with Gasteiger partial charge in [-0.05, 0) is 17.9 Å². The molecule has 1 aromatic rings. The van der Waals surface area contributed by atoms with Crippen molar-refractivity contribution in [3.05, 3.63) is 12.2 Å². The lowest BCUT2D eigenvalue weighted by atomic mass is 10.2. The lowest BCUT2D eigenvalue weighted by molar-refractivity contribution is 0.262. The molecule has 74 valence electrons. The zero-order chi connectivity index (χ0) is 9.68. The van der Waals surface area contributed by atoms with Crippen LogP contribution in [0.3, 0.4) is 0 Å². The van der Waals surface area contributed by atoms with Gasteiger partial charge in [-0.2, -0.15) is 11.8 Å². The SMILES string of the molecule is CSCC(C)Cn1cnnc1CO. The van der Waals surface area contributed by atoms with E-state index in [4.69, 9.17) is 5.11 Å². The Morgan fingerprint density at radius 3 is 3.08 bits per heavy atom. The number of hydrogen-bond acceptors (Lipinski definition) is 4. The number of thioether (sulfide) groups is 1. The molecule has 0 aliphatic carbocycles. The van der Waals surface area contributed by atoms with Gasteiger partial charge in [0.25, 0.3) is 0 Å². The van der Waals surface area contributed by atoms with E-state index in [-0.39, 0.29) is 6.61 Å². The summed E-state index contributed by atoms with van der Waals surface area (Å²) < 4.78 is 1.90. The Morgan fingerprint density at radius 1 is 1.69 bits per heavy atom. The highest BCUT2D eigenvalue weighted by atomic mass is 32.2. The number of aliphatic hydroxyl groups excluding tert-OH is 1. The van der Waals surface area contributed by atoms with Crippen molar-refractivity contribution in [1.29, 1.82) is 0 Å². The first-order valence-corrected chi connectivity index (χ1v) is 5.63. The molecule has 0 aromatic carbocycles. The fourth-order valence-electron chi connectivity index (χ4n) is 1.23. The van der Waals surface area contributed by atoms with Gasteiger partial charge in [-0.15, -0.1) is 10.2 Å². The van der Waals surface area contributed by atoms with E-state index in [1.165, 1.54) is 0 Å². The van der Waals surface area contributed by atoms with Crippen molar-refractivity contribution in [3.8, 4) is 0 Å². The van der Waals surface area contributed by atoms with E-state index in [2.05, 4.69) is 23.4 Å². The first kappa shape index (κ1) is 10.5. The minimum absolute atomic E-state index is 0.0357. The number of aliphatic hydroxyl groups is 1. The van der Waals surface area contributed by atoms with Gasteiger partial charge in [-0.3, -0.25) is 0 Å². The van der Waals surface area contributed by atoms with Crippen molar-refractivity contribution >= 4 is 11.8 Å². The standard InChI is InChI=1S/C8H15N3OS/c1-7(5-13-2)3-11-6-9-10-8(11)4-12/h6-7,12H,3-5H2,1-2H3. The van der Waals surface area contributed by atoms with Crippen molar-refractivity contribution in [2.45, 2.75) is 20.1 Å². The monoisotopic (exact) mass is 201 g/mol. The maximum Gasteiger partial charge on any atom is 0.158 e. The zero-order valence-electron chi connectivity index (χ0n) is 7.97. The molecule has 0 spiro atoms. The van der Waals surface area contributed by atoms with Gasteiger partial charge >= 0.3 is 0 Å². The van der Waals surface area contributed by atoms with Crippen LogP contribution < -0.4 is 0 Å². The van der Waals surface area contributed by atoms with Crippen LogP contribution >= 0.6 is 11.8 Å². The summed E-state index contributed by atoms with van der Waals surface area (Å²) in [7, 11) is 0. The first-order chi connectivity index (χ1) is 6.27. The number of nitrogens with zero attached hydrogens (tertiary/aromatic N) is 3. The molecule has 1 rings (SSSR count). The van der Waals surface area contributed by atoms with Crippen LogP contribution in [0.2, 0.25) is 0 Å². The van der Waals surface area contributed by atoms with Gasteiger partial charge < -0.3 is 9.67 Å². The van der Waals surface area contributed by atoms with Crippen LogP contribution in [0.25, 0.3) is 0 Å². The summed E-state index contributed by atoms with van der Waals surface area (Å²) in [5.74, 6) is 2.34. The Balaban J connectivity index is 2.52. The van der Waals surface area contributed by atoms with Gasteiger partial charge in [0.05, 0.1) is 0 Å². The molecule has 1 unspecified atom stereocenters. The average Bonchev–Trinajstić information content (AvgIpc) is 2.52. The molecule has 0 saturated heterocycles. The van der Waals surface area contributed by atoms with Crippen LogP contribution in [0, 0.1) is 5.92 Å². The summed E-state index contributed by atoms with van der Waals surface area (Å²) in [6, 6.07) is 0. The molecule has 1 heterocycles. The van der Waals surface area contributed by atoms with E-state index >= 15 is 0 Å². The lowest BCUT2D eigenvalue weighted by Crippen LogP contribution is -2.11. The number of rotatable bonds is 5. The molecular formula is C8H15N3OS. The maximum absolute atomic E-state index is 8.92. The molecule has 1 atom stereocenters. The second-order valence-electron chi connectivity index (χ2n) is 3.12. The fraction of sp³-hybridized carbons (Fsp3) is 0.750. The average molecular weight is 201 g/mol. The third-order valence-electron chi connectivity index (χ3n) is 1.80. The molecular weight excluding hydrogens is 186 g/mol. The summed E-state index contributed by atoms with van der Waals surface area (Å²) >= 11 is 1.83. The molecule has 0 fully saturated rings. The Kier molecular flexibility index (Phi) is 4.24. The highest BCUT2D eigenvalue weighted by Gasteiger charge is 2.06. The fourth-order valence-corrected chi connectivity index (χ4v) is 1.90. The summed E-state index contributed by atoms with van der Waals surface area (Å²) in [6.45, 7) is 3.02. The Bertz CT molecular complexity index is 251. The normalized spacial score (nSPS) is 13.2. The highest BCUT2D eigenvalue weighted by Crippen LogP contribution is 2.08. The molecule has 0 bridgehead atoms. The van der Waals surface area contributed by atoms with Crippen LogP contribution in [0.1, 0.15) is 12.7 Å². The van der Waals surface area contributed by atoms with Gasteiger partial charge in [-0.1, -0.05) is 6.92 Å². The number of aromatic nitrogens is 3. The van der Waals surface area contributed by atoms with Crippen LogP contribution in [-0.4, -0.2) is 31.9 Å². The Morgan fingerprint density at radius 2 is 2.46 bits per heavy atom. The lowest BCUT2D eigenvalue weighted by Gasteiger charge is -2.11. The second kappa shape index (κ2) is 5.24. The minimum Gasteiger partial charge on any atom is -0.388 e. The van der Waals surface area contributed by atoms with E-state index in [1.807, 2.05) is 16.3 Å². The molecule has 1 N–H and O–H groups in total. The van der Waals surface area contributed by atoms with Crippen LogP contribution in [0.15, 0.2) is 6.33 Å². The maximum atomic E-state index is 8.92. The van der Waals surface area contributed by atoms with E-state index in [1.54, 1.807) is 6.33 Å². The molecule has 0 saturated carbocycles. The molecule has 0 radical (unpaired) electrons. The minimum atomic E-state index is -0.0357. The van der Waals surface area contributed by atoms with Gasteiger partial charge in [0.15, 0.2) is 5.82 Å². The number of hydrogen-bond donors (Lipinski definition) is 1. The summed E-state index contributed by atoms with van der Waals surface area (Å²) in [5.41, 5.74) is 0. The Hall–Kier alpha value is -0.550. The van der Waals surface area contributed by atoms with Crippen molar-refractivity contribution in [2.24, 2.45) is 5.92 Å². The van der Waals surface area contributed by atoms with Crippen molar-refractivity contribution in [1.82, 2.24) is 14.8 Å². The van der Waals surface area contributed by atoms with Crippen LogP contribution in [0.4, 0.5) is 0 Å². The highest BCUT2D eigenvalue weighted by molar-refractivity contribution is 7.98. The van der Waals surface area contributed by atoms with Gasteiger partial charge in [0, 0.05) is 6.54 Å². The molecule has 5 heteroatoms. The van der Waals surface area contributed by atoms with Gasteiger partial charge in [-0.25, -0.2) is 0 Å². The van der Waals surface area contributed by atoms with Crippen molar-refractivity contribution in [2.75, 3.05) is 12.0 Å². The zero-order valence-corrected chi connectivity index (χ0v) is 8.79. The van der Waals surface area contributed by atoms with Crippen LogP contribution in [-0.2, 0) is 13.2 Å². The second-order valence-corrected chi connectivity index (χ2v) is 4.03. The predicted octanol–water partition coefficient (Wildman–Crippen LogP) is 0.769. The summed E-state index contributed by atoms with van der Waals surface area (Å²) in [6.07, 6.45) is 3.76. The smallest absolute Gasteiger partial charge is 0.158 e. The topological polar surface area (TPSA) is 50.9 Å². The van der Waals surface area contributed by atoms with Crippen LogP contribution in [0.5, 0.6) is 0 Å². The molecule has 13 heavy (non-hydrogen) atoms. The molecule has 0 aliphatic heterocycles. The summed E-state index contributed by atoms with van der Waals surface area (Å²) in [4.78, 5) is 0. The van der Waals surface area contributed by atoms with Gasteiger partial charge in [0.2, 0.25) is 0 Å². The third kappa shape index (κ3) is 3.00. The van der Waals surface area contributed by atoms with E-state index in [0.29, 0.717) is 11.7 Å². The molecule has 0 aliphatic rings. The first-order valence-electron chi connectivity index (χ1n) is 4.24. The van der Waals surface area contributed by atoms with Gasteiger partial charge in [0.1, 0.15) is 12.9 Å². The van der Waals surface area contributed by atoms with Crippen molar-refractivity contribution in [3.63, 3.8) is 0 Å². The molecule has 4 nitrogen and oxygen atoms in total. The van der Waals surface area contributed by atoms with E-state index in [9.17, 15) is 0 Å². The molecule has 0 amide bonds.